The van der Waals surface area contributed by atoms with Crippen LogP contribution in [-0.4, -0.2) is 30.6 Å². The minimum Gasteiger partial charge on any atom is -0.346 e. The topological polar surface area (TPSA) is 84.2 Å². The van der Waals surface area contributed by atoms with Gasteiger partial charge in [-0.15, -0.1) is 12.4 Å². The molecule has 0 saturated heterocycles. The van der Waals surface area contributed by atoms with E-state index >= 15 is 0 Å². The van der Waals surface area contributed by atoms with Crippen molar-refractivity contribution in [1.29, 1.82) is 0 Å². The van der Waals surface area contributed by atoms with Crippen LogP contribution in [0.2, 0.25) is 0 Å². The SMILES string of the molecule is CC(C)[C@H](N)C(=O)NCC(=O)Nc1cccc(CC(F)(F)F)c1.Cl. The van der Waals surface area contributed by atoms with E-state index in [2.05, 4.69) is 10.6 Å². The number of rotatable bonds is 6. The molecular weight excluding hydrogens is 347 g/mol. The Kier molecular flexibility index (Phi) is 8.77. The smallest absolute Gasteiger partial charge is 0.346 e. The first-order valence-corrected chi connectivity index (χ1v) is 7.07. The summed E-state index contributed by atoms with van der Waals surface area (Å²) in [6.45, 7) is 3.25. The maximum atomic E-state index is 12.3. The summed E-state index contributed by atoms with van der Waals surface area (Å²) in [4.78, 5) is 23.3. The number of nitrogens with one attached hydrogen (secondary N) is 2. The van der Waals surface area contributed by atoms with E-state index in [1.165, 1.54) is 24.3 Å². The molecule has 0 radical (unpaired) electrons. The molecule has 1 atom stereocenters. The van der Waals surface area contributed by atoms with E-state index < -0.39 is 30.5 Å². The summed E-state index contributed by atoms with van der Waals surface area (Å²) < 4.78 is 37.0. The summed E-state index contributed by atoms with van der Waals surface area (Å²) in [7, 11) is 0. The Morgan fingerprint density at radius 1 is 1.25 bits per heavy atom. The van der Waals surface area contributed by atoms with Crippen molar-refractivity contribution in [3.63, 3.8) is 0 Å². The van der Waals surface area contributed by atoms with Gasteiger partial charge in [-0.25, -0.2) is 0 Å². The third-order valence-corrected chi connectivity index (χ3v) is 3.06. The molecule has 9 heteroatoms. The molecular formula is C15H21ClF3N3O2. The van der Waals surface area contributed by atoms with Crippen LogP contribution in [0.1, 0.15) is 19.4 Å². The van der Waals surface area contributed by atoms with E-state index in [0.717, 1.165) is 0 Å². The molecule has 0 aromatic heterocycles. The van der Waals surface area contributed by atoms with Crippen LogP contribution in [0, 0.1) is 5.92 Å². The Morgan fingerprint density at radius 2 is 1.88 bits per heavy atom. The standard InChI is InChI=1S/C15H20F3N3O2.ClH/c1-9(2)13(19)14(23)20-8-12(22)21-11-5-3-4-10(6-11)7-15(16,17)18;/h3-6,9,13H,7-8,19H2,1-2H3,(H,20,23)(H,21,22);1H/t13-;/m0./s1. The van der Waals surface area contributed by atoms with Crippen LogP contribution in [0.25, 0.3) is 0 Å². The fraction of sp³-hybridized carbons (Fsp3) is 0.467. The van der Waals surface area contributed by atoms with Gasteiger partial charge in [0, 0.05) is 5.69 Å². The van der Waals surface area contributed by atoms with Gasteiger partial charge in [0.25, 0.3) is 0 Å². The first-order chi connectivity index (χ1) is 10.6. The second kappa shape index (κ2) is 9.48. The van der Waals surface area contributed by atoms with E-state index in [4.69, 9.17) is 5.73 Å². The summed E-state index contributed by atoms with van der Waals surface area (Å²) in [5.74, 6) is -1.07. The summed E-state index contributed by atoms with van der Waals surface area (Å²) in [6, 6.07) is 4.74. The number of anilines is 1. The number of hydrogen-bond donors (Lipinski definition) is 3. The average molecular weight is 368 g/mol. The molecule has 0 fully saturated rings. The van der Waals surface area contributed by atoms with Gasteiger partial charge >= 0.3 is 6.18 Å². The van der Waals surface area contributed by atoms with Crippen molar-refractivity contribution in [1.82, 2.24) is 5.32 Å². The van der Waals surface area contributed by atoms with Crippen LogP contribution in [0.15, 0.2) is 24.3 Å². The lowest BCUT2D eigenvalue weighted by atomic mass is 10.1. The number of hydrogen-bond acceptors (Lipinski definition) is 3. The van der Waals surface area contributed by atoms with Gasteiger partial charge in [0.15, 0.2) is 0 Å². The van der Waals surface area contributed by atoms with Gasteiger partial charge in [-0.3, -0.25) is 9.59 Å². The van der Waals surface area contributed by atoms with Crippen molar-refractivity contribution < 1.29 is 22.8 Å². The maximum absolute atomic E-state index is 12.3. The van der Waals surface area contributed by atoms with E-state index in [1.807, 2.05) is 0 Å². The first kappa shape index (κ1) is 22.2. The summed E-state index contributed by atoms with van der Waals surface area (Å²) >= 11 is 0. The van der Waals surface area contributed by atoms with Crippen molar-refractivity contribution in [2.45, 2.75) is 32.5 Å². The number of nitrogens with two attached hydrogens (primary N) is 1. The first-order valence-electron chi connectivity index (χ1n) is 7.07. The van der Waals surface area contributed by atoms with Crippen LogP contribution in [0.4, 0.5) is 18.9 Å². The molecule has 0 aliphatic carbocycles. The molecule has 0 unspecified atom stereocenters. The van der Waals surface area contributed by atoms with E-state index in [9.17, 15) is 22.8 Å². The number of alkyl halides is 3. The Bertz CT molecular complexity index is 565. The monoisotopic (exact) mass is 367 g/mol. The highest BCUT2D eigenvalue weighted by molar-refractivity contribution is 5.95. The van der Waals surface area contributed by atoms with E-state index in [0.29, 0.717) is 0 Å². The molecule has 4 N–H and O–H groups in total. The molecule has 136 valence electrons. The number of halogens is 4. The normalized spacial score (nSPS) is 12.3. The van der Waals surface area contributed by atoms with Crippen LogP contribution in [-0.2, 0) is 16.0 Å². The van der Waals surface area contributed by atoms with Crippen LogP contribution in [0.3, 0.4) is 0 Å². The van der Waals surface area contributed by atoms with Crippen molar-refractivity contribution >= 4 is 29.9 Å². The van der Waals surface area contributed by atoms with Gasteiger partial charge in [0.05, 0.1) is 19.0 Å². The molecule has 0 bridgehead atoms. The van der Waals surface area contributed by atoms with Gasteiger partial charge in [0.2, 0.25) is 11.8 Å². The zero-order chi connectivity index (χ0) is 17.6. The van der Waals surface area contributed by atoms with Crippen LogP contribution >= 0.6 is 12.4 Å². The Balaban J connectivity index is 0.00000529. The van der Waals surface area contributed by atoms with Crippen molar-refractivity contribution in [2.24, 2.45) is 11.7 Å². The predicted molar refractivity (Wildman–Crippen MR) is 87.9 cm³/mol. The van der Waals surface area contributed by atoms with Crippen LogP contribution < -0.4 is 16.4 Å². The van der Waals surface area contributed by atoms with Crippen molar-refractivity contribution in [2.75, 3.05) is 11.9 Å². The number of carbonyl (C=O) groups excluding carboxylic acids is 2. The molecule has 2 amide bonds. The van der Waals surface area contributed by atoms with Crippen molar-refractivity contribution in [3.05, 3.63) is 29.8 Å². The molecule has 0 aliphatic rings. The highest BCUT2D eigenvalue weighted by Crippen LogP contribution is 2.22. The number of carbonyl (C=O) groups is 2. The molecule has 0 heterocycles. The fourth-order valence-electron chi connectivity index (χ4n) is 1.78. The summed E-state index contributed by atoms with van der Waals surface area (Å²) in [5, 5.41) is 4.81. The molecule has 5 nitrogen and oxygen atoms in total. The highest BCUT2D eigenvalue weighted by Gasteiger charge is 2.27. The molecule has 1 aromatic carbocycles. The minimum atomic E-state index is -4.32. The lowest BCUT2D eigenvalue weighted by molar-refractivity contribution is -0.127. The lowest BCUT2D eigenvalue weighted by Crippen LogP contribution is -2.46. The molecule has 0 aliphatic heterocycles. The van der Waals surface area contributed by atoms with Crippen molar-refractivity contribution in [3.8, 4) is 0 Å². The molecule has 0 saturated carbocycles. The van der Waals surface area contributed by atoms with Gasteiger partial charge in [0.1, 0.15) is 0 Å². The molecule has 1 rings (SSSR count). The Hall–Kier alpha value is -1.80. The summed E-state index contributed by atoms with van der Waals surface area (Å²) in [5.41, 5.74) is 5.91. The third-order valence-electron chi connectivity index (χ3n) is 3.06. The van der Waals surface area contributed by atoms with Gasteiger partial charge in [-0.1, -0.05) is 26.0 Å². The Morgan fingerprint density at radius 3 is 2.42 bits per heavy atom. The second-order valence-corrected chi connectivity index (χ2v) is 5.53. The maximum Gasteiger partial charge on any atom is 0.393 e. The minimum absolute atomic E-state index is 0. The summed E-state index contributed by atoms with van der Waals surface area (Å²) in [6.07, 6.45) is -5.39. The average Bonchev–Trinajstić information content (AvgIpc) is 2.42. The highest BCUT2D eigenvalue weighted by atomic mass is 35.5. The number of benzene rings is 1. The zero-order valence-electron chi connectivity index (χ0n) is 13.3. The largest absolute Gasteiger partial charge is 0.393 e. The zero-order valence-corrected chi connectivity index (χ0v) is 14.1. The van der Waals surface area contributed by atoms with E-state index in [1.54, 1.807) is 13.8 Å². The van der Waals surface area contributed by atoms with E-state index in [-0.39, 0.29) is 36.1 Å². The fourth-order valence-corrected chi connectivity index (χ4v) is 1.78. The molecule has 0 spiro atoms. The Labute approximate surface area is 144 Å². The predicted octanol–water partition coefficient (Wildman–Crippen LogP) is 2.25. The van der Waals surface area contributed by atoms with Crippen LogP contribution in [0.5, 0.6) is 0 Å². The third kappa shape index (κ3) is 8.16. The number of amides is 2. The molecule has 24 heavy (non-hydrogen) atoms. The van der Waals surface area contributed by atoms with Gasteiger partial charge < -0.3 is 16.4 Å². The quantitative estimate of drug-likeness (QED) is 0.721. The molecule has 1 aromatic rings. The lowest BCUT2D eigenvalue weighted by Gasteiger charge is -2.15. The van der Waals surface area contributed by atoms with Gasteiger partial charge in [-0.2, -0.15) is 13.2 Å². The second-order valence-electron chi connectivity index (χ2n) is 5.53. The van der Waals surface area contributed by atoms with Gasteiger partial charge in [-0.05, 0) is 23.6 Å².